The number of hydrogen-bond acceptors (Lipinski definition) is 8. The second kappa shape index (κ2) is 7.34. The molecule has 0 aliphatic rings. The first kappa shape index (κ1) is 17.1. The molecule has 11 heteroatoms. The Hall–Kier alpha value is -3.26. The van der Waals surface area contributed by atoms with Crippen molar-refractivity contribution in [2.45, 2.75) is 5.16 Å². The number of rotatable bonds is 5. The van der Waals surface area contributed by atoms with Gasteiger partial charge in [0.2, 0.25) is 11.7 Å². The van der Waals surface area contributed by atoms with Gasteiger partial charge >= 0.3 is 5.69 Å². The number of carbonyl (C=O) groups excluding carboxylic acids is 1. The van der Waals surface area contributed by atoms with E-state index in [-0.39, 0.29) is 28.0 Å². The van der Waals surface area contributed by atoms with Gasteiger partial charge in [0.05, 0.1) is 16.9 Å². The van der Waals surface area contributed by atoms with Crippen LogP contribution in [0, 0.1) is 27.3 Å². The van der Waals surface area contributed by atoms with E-state index in [2.05, 4.69) is 15.3 Å². The van der Waals surface area contributed by atoms with E-state index < -0.39 is 22.3 Å². The van der Waals surface area contributed by atoms with Crippen LogP contribution < -0.4 is 11.1 Å². The highest BCUT2D eigenvalue weighted by atomic mass is 32.2. The number of halogens is 1. The molecule has 3 N–H and O–H groups in total. The number of carbonyl (C=O) groups is 1. The molecule has 0 saturated carbocycles. The highest BCUT2D eigenvalue weighted by Crippen LogP contribution is 2.22. The molecule has 1 amide bonds. The summed E-state index contributed by atoms with van der Waals surface area (Å²) >= 11 is 0.963. The molecule has 0 aliphatic heterocycles. The maximum absolute atomic E-state index is 13.2. The molecule has 0 fully saturated rings. The maximum Gasteiger partial charge on any atom is 0.306 e. The first-order valence-electron chi connectivity index (χ1n) is 6.30. The fourth-order valence-corrected chi connectivity index (χ4v) is 2.21. The molecule has 0 saturated heterocycles. The molecule has 1 aromatic carbocycles. The zero-order valence-electron chi connectivity index (χ0n) is 11.9. The minimum absolute atomic E-state index is 0.00423. The molecule has 0 atom stereocenters. The van der Waals surface area contributed by atoms with Crippen molar-refractivity contribution in [1.82, 2.24) is 9.97 Å². The summed E-state index contributed by atoms with van der Waals surface area (Å²) < 4.78 is 13.2. The summed E-state index contributed by atoms with van der Waals surface area (Å²) in [4.78, 5) is 29.3. The van der Waals surface area contributed by atoms with E-state index in [1.165, 1.54) is 12.3 Å². The predicted molar refractivity (Wildman–Crippen MR) is 83.6 cm³/mol. The first-order valence-corrected chi connectivity index (χ1v) is 7.28. The Morgan fingerprint density at radius 2 is 2.29 bits per heavy atom. The average molecular weight is 348 g/mol. The topological polar surface area (TPSA) is 148 Å². The Kier molecular flexibility index (Phi) is 5.23. The van der Waals surface area contributed by atoms with Crippen LogP contribution in [0.2, 0.25) is 0 Å². The lowest BCUT2D eigenvalue weighted by Gasteiger charge is -2.05. The number of nitrogens with one attached hydrogen (secondary N) is 1. The minimum atomic E-state index is -0.992. The van der Waals surface area contributed by atoms with Gasteiger partial charge in [0.15, 0.2) is 5.16 Å². The van der Waals surface area contributed by atoms with Crippen LogP contribution in [0.5, 0.6) is 0 Å². The zero-order chi connectivity index (χ0) is 17.7. The van der Waals surface area contributed by atoms with Crippen molar-refractivity contribution < 1.29 is 14.1 Å². The molecule has 2 rings (SSSR count). The summed E-state index contributed by atoms with van der Waals surface area (Å²) in [7, 11) is 0. The first-order chi connectivity index (χ1) is 11.4. The minimum Gasteiger partial charge on any atom is -0.382 e. The molecule has 122 valence electrons. The number of benzene rings is 1. The summed E-state index contributed by atoms with van der Waals surface area (Å²) in [5.41, 5.74) is 5.02. The third-order valence-electron chi connectivity index (χ3n) is 2.68. The van der Waals surface area contributed by atoms with Crippen LogP contribution >= 0.6 is 11.8 Å². The van der Waals surface area contributed by atoms with Gasteiger partial charge in [-0.2, -0.15) is 9.65 Å². The normalized spacial score (nSPS) is 10.0. The monoisotopic (exact) mass is 348 g/mol. The number of aromatic nitrogens is 2. The Balaban J connectivity index is 1.99. The molecule has 24 heavy (non-hydrogen) atoms. The van der Waals surface area contributed by atoms with E-state index >= 15 is 0 Å². The third kappa shape index (κ3) is 4.14. The molecule has 0 bridgehead atoms. The van der Waals surface area contributed by atoms with Crippen molar-refractivity contribution in [3.8, 4) is 6.07 Å². The van der Waals surface area contributed by atoms with Gasteiger partial charge in [-0.15, -0.1) is 0 Å². The maximum atomic E-state index is 13.2. The number of nitro benzene ring substituents is 1. The number of thioether (sulfide) groups is 1. The molecule has 9 nitrogen and oxygen atoms in total. The molecule has 0 aliphatic carbocycles. The van der Waals surface area contributed by atoms with Crippen LogP contribution in [-0.2, 0) is 4.79 Å². The van der Waals surface area contributed by atoms with E-state index in [4.69, 9.17) is 11.0 Å². The highest BCUT2D eigenvalue weighted by Gasteiger charge is 2.15. The van der Waals surface area contributed by atoms with Gasteiger partial charge in [-0.25, -0.2) is 9.97 Å². The third-order valence-corrected chi connectivity index (χ3v) is 3.54. The SMILES string of the molecule is N#Cc1cnc(SCC(=O)Nc2ccc(F)c([N+](=O)[O-])c2)nc1N. The number of nitriles is 1. The number of anilines is 2. The Labute approximate surface area is 138 Å². The van der Waals surface area contributed by atoms with E-state index in [9.17, 15) is 19.3 Å². The molecule has 0 radical (unpaired) electrons. The number of nitro groups is 1. The lowest BCUT2D eigenvalue weighted by molar-refractivity contribution is -0.387. The van der Waals surface area contributed by atoms with E-state index in [0.29, 0.717) is 0 Å². The molecular formula is C13H9FN6O3S. The number of nitrogens with two attached hydrogens (primary N) is 1. The van der Waals surface area contributed by atoms with Gasteiger partial charge in [0.25, 0.3) is 0 Å². The molecule has 0 unspecified atom stereocenters. The van der Waals surface area contributed by atoms with Crippen molar-refractivity contribution in [3.05, 3.63) is 45.9 Å². The van der Waals surface area contributed by atoms with Crippen LogP contribution in [0.25, 0.3) is 0 Å². The van der Waals surface area contributed by atoms with Crippen molar-refractivity contribution in [3.63, 3.8) is 0 Å². The lowest BCUT2D eigenvalue weighted by atomic mass is 10.2. The molecule has 2 aromatic rings. The fraction of sp³-hybridized carbons (Fsp3) is 0.0769. The summed E-state index contributed by atoms with van der Waals surface area (Å²) in [5.74, 6) is -1.58. The zero-order valence-corrected chi connectivity index (χ0v) is 12.7. The standard InChI is InChI=1S/C13H9FN6O3S/c14-9-2-1-8(3-10(9)20(22)23)18-11(21)6-24-13-17-5-7(4-15)12(16)19-13/h1-3,5H,6H2,(H,18,21)(H2,16,17,19). The largest absolute Gasteiger partial charge is 0.382 e. The van der Waals surface area contributed by atoms with Crippen LogP contribution in [-0.4, -0.2) is 26.6 Å². The predicted octanol–water partition coefficient (Wildman–Crippen LogP) is 1.71. The summed E-state index contributed by atoms with van der Waals surface area (Å²) in [6.45, 7) is 0. The number of hydrogen-bond donors (Lipinski definition) is 2. The molecular weight excluding hydrogens is 339 g/mol. The van der Waals surface area contributed by atoms with Gasteiger partial charge in [-0.05, 0) is 12.1 Å². The number of amides is 1. The summed E-state index contributed by atoms with van der Waals surface area (Å²) in [5, 5.41) is 22.0. The fourth-order valence-electron chi connectivity index (χ4n) is 1.59. The Morgan fingerprint density at radius 1 is 1.54 bits per heavy atom. The van der Waals surface area contributed by atoms with Crippen LogP contribution in [0.4, 0.5) is 21.6 Å². The van der Waals surface area contributed by atoms with Gasteiger partial charge in [0, 0.05) is 11.8 Å². The van der Waals surface area contributed by atoms with Crippen molar-refractivity contribution in [2.75, 3.05) is 16.8 Å². The van der Waals surface area contributed by atoms with E-state index in [1.54, 1.807) is 0 Å². The van der Waals surface area contributed by atoms with Gasteiger partial charge < -0.3 is 11.1 Å². The molecule has 1 heterocycles. The molecule has 1 aromatic heterocycles. The average Bonchev–Trinajstić information content (AvgIpc) is 2.54. The van der Waals surface area contributed by atoms with Crippen LogP contribution in [0.3, 0.4) is 0 Å². The van der Waals surface area contributed by atoms with Gasteiger partial charge in [0.1, 0.15) is 17.5 Å². The molecule has 0 spiro atoms. The van der Waals surface area contributed by atoms with Crippen molar-refractivity contribution >= 4 is 34.9 Å². The van der Waals surface area contributed by atoms with Crippen LogP contribution in [0.15, 0.2) is 29.6 Å². The summed E-state index contributed by atoms with van der Waals surface area (Å²) in [6, 6.07) is 4.84. The summed E-state index contributed by atoms with van der Waals surface area (Å²) in [6.07, 6.45) is 1.24. The number of nitrogen functional groups attached to an aromatic ring is 1. The highest BCUT2D eigenvalue weighted by molar-refractivity contribution is 7.99. The van der Waals surface area contributed by atoms with Gasteiger partial charge in [-0.1, -0.05) is 11.8 Å². The Bertz CT molecular complexity index is 854. The van der Waals surface area contributed by atoms with Crippen molar-refractivity contribution in [1.29, 1.82) is 5.26 Å². The van der Waals surface area contributed by atoms with Crippen LogP contribution in [0.1, 0.15) is 5.56 Å². The Morgan fingerprint density at radius 3 is 2.92 bits per heavy atom. The van der Waals surface area contributed by atoms with E-state index in [1.807, 2.05) is 6.07 Å². The second-order valence-electron chi connectivity index (χ2n) is 4.32. The lowest BCUT2D eigenvalue weighted by Crippen LogP contribution is -2.14. The van der Waals surface area contributed by atoms with E-state index in [0.717, 1.165) is 23.9 Å². The van der Waals surface area contributed by atoms with Crippen molar-refractivity contribution in [2.24, 2.45) is 0 Å². The van der Waals surface area contributed by atoms with Gasteiger partial charge in [-0.3, -0.25) is 14.9 Å². The quantitative estimate of drug-likeness (QED) is 0.359. The second-order valence-corrected chi connectivity index (χ2v) is 5.27. The smallest absolute Gasteiger partial charge is 0.306 e. The number of nitrogens with zero attached hydrogens (tertiary/aromatic N) is 4.